The van der Waals surface area contributed by atoms with Crippen LogP contribution in [-0.2, 0) is 19.3 Å². The van der Waals surface area contributed by atoms with Crippen LogP contribution in [0.3, 0.4) is 0 Å². The second-order valence-electron chi connectivity index (χ2n) is 6.40. The Morgan fingerprint density at radius 2 is 1.90 bits per heavy atom. The van der Waals surface area contributed by atoms with Crippen molar-refractivity contribution in [1.82, 2.24) is 0 Å². The summed E-state index contributed by atoms with van der Waals surface area (Å²) >= 11 is 1.96. The van der Waals surface area contributed by atoms with E-state index in [1.807, 2.05) is 11.3 Å². The first-order chi connectivity index (χ1) is 10.1. The number of nitrogens with two attached hydrogens (primary N) is 1. The maximum Gasteiger partial charge on any atom is 0.0430 e. The summed E-state index contributed by atoms with van der Waals surface area (Å²) in [5, 5.41) is 0. The minimum atomic E-state index is 0.141. The molecule has 1 atom stereocenters. The first-order valence-corrected chi connectivity index (χ1v) is 8.88. The summed E-state index contributed by atoms with van der Waals surface area (Å²) in [5.74, 6) is 0. The molecule has 1 nitrogen and oxygen atoms in total. The van der Waals surface area contributed by atoms with Gasteiger partial charge in [0.05, 0.1) is 0 Å². The normalized spacial score (nSPS) is 16.3. The van der Waals surface area contributed by atoms with E-state index in [0.29, 0.717) is 0 Å². The molecule has 1 aromatic carbocycles. The molecule has 1 aromatic heterocycles. The number of fused-ring (bicyclic) bond motifs is 1. The molecule has 0 aliphatic heterocycles. The second-order valence-corrected chi connectivity index (χ2v) is 7.57. The molecule has 2 heteroatoms. The average Bonchev–Trinajstić information content (AvgIpc) is 2.74. The third kappa shape index (κ3) is 3.38. The van der Waals surface area contributed by atoms with Gasteiger partial charge < -0.3 is 5.73 Å². The molecule has 2 N–H and O–H groups in total. The topological polar surface area (TPSA) is 26.0 Å². The summed E-state index contributed by atoms with van der Waals surface area (Å²) in [4.78, 5) is 2.97. The van der Waals surface area contributed by atoms with E-state index in [9.17, 15) is 0 Å². The molecule has 1 unspecified atom stereocenters. The number of hydrogen-bond acceptors (Lipinski definition) is 2. The van der Waals surface area contributed by atoms with Crippen molar-refractivity contribution in [3.8, 4) is 0 Å². The Kier molecular flexibility index (Phi) is 4.46. The van der Waals surface area contributed by atoms with Gasteiger partial charge in [-0.1, -0.05) is 30.2 Å². The molecule has 0 bridgehead atoms. The smallest absolute Gasteiger partial charge is 0.0430 e. The van der Waals surface area contributed by atoms with Crippen LogP contribution in [0.1, 0.15) is 57.3 Å². The summed E-state index contributed by atoms with van der Waals surface area (Å²) in [7, 11) is 0. The highest BCUT2D eigenvalue weighted by atomic mass is 32.1. The molecule has 1 heterocycles. The summed E-state index contributed by atoms with van der Waals surface area (Å²) in [5.41, 5.74) is 12.2. The van der Waals surface area contributed by atoms with Crippen LogP contribution < -0.4 is 5.73 Å². The highest BCUT2D eigenvalue weighted by Crippen LogP contribution is 2.33. The first kappa shape index (κ1) is 14.8. The SMILES string of the molecule is Cc1ccc(C)c(CC(N)c2cc3c(s2)CCCCC3)c1. The Hall–Kier alpha value is -1.12. The van der Waals surface area contributed by atoms with Gasteiger partial charge in [-0.05, 0) is 68.7 Å². The van der Waals surface area contributed by atoms with Gasteiger partial charge in [0.1, 0.15) is 0 Å². The van der Waals surface area contributed by atoms with Crippen molar-refractivity contribution in [3.05, 3.63) is 56.3 Å². The van der Waals surface area contributed by atoms with Crippen LogP contribution in [0.25, 0.3) is 0 Å². The van der Waals surface area contributed by atoms with Gasteiger partial charge in [0.15, 0.2) is 0 Å². The molecule has 0 fully saturated rings. The molecule has 1 aliphatic carbocycles. The fourth-order valence-corrected chi connectivity index (χ4v) is 4.49. The highest BCUT2D eigenvalue weighted by molar-refractivity contribution is 7.12. The van der Waals surface area contributed by atoms with Crippen molar-refractivity contribution < 1.29 is 0 Å². The zero-order valence-electron chi connectivity index (χ0n) is 13.1. The summed E-state index contributed by atoms with van der Waals surface area (Å²) in [6, 6.07) is 9.20. The molecular formula is C19H25NS. The molecule has 112 valence electrons. The summed E-state index contributed by atoms with van der Waals surface area (Å²) in [6.45, 7) is 4.34. The average molecular weight is 299 g/mol. The molecule has 0 amide bonds. The molecule has 21 heavy (non-hydrogen) atoms. The van der Waals surface area contributed by atoms with Gasteiger partial charge in [0.25, 0.3) is 0 Å². The molecule has 2 aromatic rings. The quantitative estimate of drug-likeness (QED) is 0.803. The van der Waals surface area contributed by atoms with Gasteiger partial charge in [0, 0.05) is 15.8 Å². The molecular weight excluding hydrogens is 274 g/mol. The molecule has 1 aliphatic rings. The minimum Gasteiger partial charge on any atom is -0.323 e. The van der Waals surface area contributed by atoms with Gasteiger partial charge in [0.2, 0.25) is 0 Å². The van der Waals surface area contributed by atoms with Crippen LogP contribution in [-0.4, -0.2) is 0 Å². The van der Waals surface area contributed by atoms with Crippen LogP contribution in [0, 0.1) is 13.8 Å². The lowest BCUT2D eigenvalue weighted by Gasteiger charge is -2.13. The zero-order chi connectivity index (χ0) is 14.8. The van der Waals surface area contributed by atoms with E-state index >= 15 is 0 Å². The number of hydrogen-bond donors (Lipinski definition) is 1. The van der Waals surface area contributed by atoms with Crippen molar-refractivity contribution in [2.45, 2.75) is 58.4 Å². The Morgan fingerprint density at radius 3 is 2.76 bits per heavy atom. The van der Waals surface area contributed by atoms with Crippen molar-refractivity contribution in [2.75, 3.05) is 0 Å². The summed E-state index contributed by atoms with van der Waals surface area (Å²) < 4.78 is 0. The fourth-order valence-electron chi connectivity index (χ4n) is 3.23. The Labute approximate surface area is 132 Å². The highest BCUT2D eigenvalue weighted by Gasteiger charge is 2.17. The monoisotopic (exact) mass is 299 g/mol. The van der Waals surface area contributed by atoms with Gasteiger partial charge in [-0.15, -0.1) is 11.3 Å². The molecule has 0 spiro atoms. The fraction of sp³-hybridized carbons (Fsp3) is 0.474. The third-order valence-electron chi connectivity index (χ3n) is 4.58. The number of thiophene rings is 1. The maximum atomic E-state index is 6.51. The maximum absolute atomic E-state index is 6.51. The van der Waals surface area contributed by atoms with E-state index in [4.69, 9.17) is 5.73 Å². The van der Waals surface area contributed by atoms with E-state index < -0.39 is 0 Å². The van der Waals surface area contributed by atoms with Crippen LogP contribution in [0.5, 0.6) is 0 Å². The van der Waals surface area contributed by atoms with E-state index in [-0.39, 0.29) is 6.04 Å². The van der Waals surface area contributed by atoms with E-state index in [0.717, 1.165) is 6.42 Å². The minimum absolute atomic E-state index is 0.141. The molecule has 3 rings (SSSR count). The summed E-state index contributed by atoms with van der Waals surface area (Å²) in [6.07, 6.45) is 7.53. The lowest BCUT2D eigenvalue weighted by Crippen LogP contribution is -2.12. The van der Waals surface area contributed by atoms with Crippen LogP contribution in [0.2, 0.25) is 0 Å². The molecule has 0 radical (unpaired) electrons. The Bertz CT molecular complexity index is 603. The van der Waals surface area contributed by atoms with E-state index in [1.54, 1.807) is 10.4 Å². The predicted octanol–water partition coefficient (Wildman–Crippen LogP) is 4.88. The van der Waals surface area contributed by atoms with Crippen molar-refractivity contribution in [3.63, 3.8) is 0 Å². The van der Waals surface area contributed by atoms with Crippen molar-refractivity contribution in [1.29, 1.82) is 0 Å². The van der Waals surface area contributed by atoms with E-state index in [1.165, 1.54) is 53.7 Å². The van der Waals surface area contributed by atoms with Gasteiger partial charge in [-0.25, -0.2) is 0 Å². The van der Waals surface area contributed by atoms with Gasteiger partial charge in [-0.3, -0.25) is 0 Å². The first-order valence-electron chi connectivity index (χ1n) is 8.06. The molecule has 0 saturated heterocycles. The van der Waals surface area contributed by atoms with Crippen molar-refractivity contribution in [2.24, 2.45) is 5.73 Å². The lowest BCUT2D eigenvalue weighted by atomic mass is 9.98. The molecule has 0 saturated carbocycles. The second kappa shape index (κ2) is 6.33. The van der Waals surface area contributed by atoms with Crippen LogP contribution in [0.4, 0.5) is 0 Å². The largest absolute Gasteiger partial charge is 0.323 e. The number of rotatable bonds is 3. The lowest BCUT2D eigenvalue weighted by molar-refractivity contribution is 0.709. The third-order valence-corrected chi connectivity index (χ3v) is 5.94. The van der Waals surface area contributed by atoms with Crippen LogP contribution in [0.15, 0.2) is 24.3 Å². The number of benzene rings is 1. The standard InChI is InChI=1S/C19H25NS/c1-13-8-9-14(2)16(10-13)11-17(20)19-12-15-6-4-3-5-7-18(15)21-19/h8-10,12,17H,3-7,11,20H2,1-2H3. The predicted molar refractivity (Wildman–Crippen MR) is 92.1 cm³/mol. The van der Waals surface area contributed by atoms with Crippen LogP contribution >= 0.6 is 11.3 Å². The zero-order valence-corrected chi connectivity index (χ0v) is 13.9. The number of aryl methyl sites for hydroxylation is 4. The van der Waals surface area contributed by atoms with Gasteiger partial charge >= 0.3 is 0 Å². The van der Waals surface area contributed by atoms with Gasteiger partial charge in [-0.2, -0.15) is 0 Å². The van der Waals surface area contributed by atoms with Crippen molar-refractivity contribution >= 4 is 11.3 Å². The Morgan fingerprint density at radius 1 is 1.10 bits per heavy atom. The van der Waals surface area contributed by atoms with E-state index in [2.05, 4.69) is 38.1 Å². The Balaban J connectivity index is 1.79.